The Morgan fingerprint density at radius 1 is 1.56 bits per heavy atom. The number of ether oxygens (including phenoxy) is 1. The fourth-order valence-corrected chi connectivity index (χ4v) is 2.41. The zero-order valence-electron chi connectivity index (χ0n) is 10.9. The molecular weight excluding hydrogens is 233 g/mol. The van der Waals surface area contributed by atoms with Gasteiger partial charge in [0.1, 0.15) is 11.6 Å². The summed E-state index contributed by atoms with van der Waals surface area (Å²) >= 11 is 0. The van der Waals surface area contributed by atoms with E-state index in [4.69, 9.17) is 10.5 Å². The second-order valence-electron chi connectivity index (χ2n) is 4.94. The highest BCUT2D eigenvalue weighted by atomic mass is 19.1. The van der Waals surface area contributed by atoms with Gasteiger partial charge in [-0.05, 0) is 25.6 Å². The van der Waals surface area contributed by atoms with Gasteiger partial charge in [-0.25, -0.2) is 4.39 Å². The summed E-state index contributed by atoms with van der Waals surface area (Å²) in [7, 11) is 3.61. The van der Waals surface area contributed by atoms with Gasteiger partial charge in [-0.15, -0.1) is 0 Å². The highest BCUT2D eigenvalue weighted by molar-refractivity contribution is 5.52. The summed E-state index contributed by atoms with van der Waals surface area (Å²) in [6.07, 6.45) is 0.913. The minimum absolute atomic E-state index is 0.248. The van der Waals surface area contributed by atoms with Gasteiger partial charge in [0.2, 0.25) is 0 Å². The van der Waals surface area contributed by atoms with Crippen molar-refractivity contribution in [2.45, 2.75) is 12.0 Å². The smallest absolute Gasteiger partial charge is 0.146 e. The van der Waals surface area contributed by atoms with Crippen molar-refractivity contribution in [3.63, 3.8) is 0 Å². The van der Waals surface area contributed by atoms with E-state index in [0.29, 0.717) is 18.0 Å². The molecule has 0 aliphatic carbocycles. The molecule has 0 spiro atoms. The zero-order valence-corrected chi connectivity index (χ0v) is 10.9. The number of methoxy groups -OCH3 is 1. The first-order valence-electron chi connectivity index (χ1n) is 6.09. The highest BCUT2D eigenvalue weighted by Crippen LogP contribution is 2.28. The molecule has 0 aromatic heterocycles. The summed E-state index contributed by atoms with van der Waals surface area (Å²) in [4.78, 5) is 2.19. The van der Waals surface area contributed by atoms with E-state index >= 15 is 0 Å². The summed E-state index contributed by atoms with van der Waals surface area (Å²) < 4.78 is 18.9. The Hall–Kier alpha value is -1.33. The van der Waals surface area contributed by atoms with Gasteiger partial charge in [-0.1, -0.05) is 0 Å². The van der Waals surface area contributed by atoms with Crippen LogP contribution in [-0.2, 0) is 0 Å². The molecule has 0 bridgehead atoms. The van der Waals surface area contributed by atoms with Crippen molar-refractivity contribution in [3.05, 3.63) is 24.0 Å². The largest absolute Gasteiger partial charge is 0.497 e. The average molecular weight is 253 g/mol. The predicted molar refractivity (Wildman–Crippen MR) is 70.5 cm³/mol. The number of nitrogens with one attached hydrogen (secondary N) is 1. The molecule has 1 aromatic rings. The molecule has 2 rings (SSSR count). The number of nitrogens with zero attached hydrogens (tertiary/aromatic N) is 1. The molecule has 4 nitrogen and oxygen atoms in total. The molecular formula is C13H20FN3O. The lowest BCUT2D eigenvalue weighted by Crippen LogP contribution is -2.47. The van der Waals surface area contributed by atoms with Gasteiger partial charge in [-0.2, -0.15) is 0 Å². The van der Waals surface area contributed by atoms with E-state index in [0.717, 1.165) is 19.5 Å². The zero-order chi connectivity index (χ0) is 13.2. The van der Waals surface area contributed by atoms with Gasteiger partial charge in [-0.3, -0.25) is 0 Å². The van der Waals surface area contributed by atoms with Gasteiger partial charge >= 0.3 is 0 Å². The molecule has 1 aromatic carbocycles. The van der Waals surface area contributed by atoms with Crippen molar-refractivity contribution in [3.8, 4) is 5.75 Å². The predicted octanol–water partition coefficient (Wildman–Crippen LogP) is 1.28. The van der Waals surface area contributed by atoms with Gasteiger partial charge < -0.3 is 20.7 Å². The molecule has 1 unspecified atom stereocenters. The van der Waals surface area contributed by atoms with Crippen molar-refractivity contribution in [1.82, 2.24) is 4.90 Å². The van der Waals surface area contributed by atoms with E-state index in [-0.39, 0.29) is 11.4 Å². The molecule has 1 heterocycles. The Morgan fingerprint density at radius 2 is 2.33 bits per heavy atom. The van der Waals surface area contributed by atoms with E-state index in [1.807, 2.05) is 7.05 Å². The van der Waals surface area contributed by atoms with Crippen LogP contribution in [-0.4, -0.2) is 44.2 Å². The molecule has 1 saturated heterocycles. The van der Waals surface area contributed by atoms with Crippen LogP contribution in [0.2, 0.25) is 0 Å². The fourth-order valence-electron chi connectivity index (χ4n) is 2.41. The third-order valence-corrected chi connectivity index (χ3v) is 3.51. The molecule has 0 amide bonds. The molecule has 18 heavy (non-hydrogen) atoms. The maximum absolute atomic E-state index is 13.8. The van der Waals surface area contributed by atoms with Crippen molar-refractivity contribution in [2.24, 2.45) is 5.73 Å². The SMILES string of the molecule is COc1ccc(F)c(NC2(CN)CCN(C)C2)c1. The number of hydrogen-bond donors (Lipinski definition) is 2. The van der Waals surface area contributed by atoms with Crippen molar-refractivity contribution in [2.75, 3.05) is 39.1 Å². The number of nitrogens with two attached hydrogens (primary N) is 1. The minimum atomic E-state index is -0.279. The Balaban J connectivity index is 2.22. The lowest BCUT2D eigenvalue weighted by atomic mass is 9.98. The van der Waals surface area contributed by atoms with Gasteiger partial charge in [0.25, 0.3) is 0 Å². The van der Waals surface area contributed by atoms with E-state index in [1.54, 1.807) is 19.2 Å². The number of rotatable bonds is 4. The van der Waals surface area contributed by atoms with Crippen LogP contribution >= 0.6 is 0 Å². The van der Waals surface area contributed by atoms with E-state index < -0.39 is 0 Å². The number of anilines is 1. The fraction of sp³-hybridized carbons (Fsp3) is 0.538. The molecule has 0 saturated carbocycles. The van der Waals surface area contributed by atoms with Crippen LogP contribution in [0.3, 0.4) is 0 Å². The monoisotopic (exact) mass is 253 g/mol. The van der Waals surface area contributed by atoms with Crippen LogP contribution < -0.4 is 15.8 Å². The molecule has 1 fully saturated rings. The first kappa shape index (κ1) is 13.1. The summed E-state index contributed by atoms with van der Waals surface area (Å²) in [5, 5.41) is 3.26. The van der Waals surface area contributed by atoms with Crippen LogP contribution in [0.15, 0.2) is 18.2 Å². The van der Waals surface area contributed by atoms with Crippen LogP contribution in [0.1, 0.15) is 6.42 Å². The second kappa shape index (κ2) is 5.12. The first-order valence-corrected chi connectivity index (χ1v) is 6.09. The molecule has 1 atom stereocenters. The Morgan fingerprint density at radius 3 is 2.89 bits per heavy atom. The molecule has 100 valence electrons. The van der Waals surface area contributed by atoms with Crippen LogP contribution in [0.5, 0.6) is 5.75 Å². The van der Waals surface area contributed by atoms with E-state index in [9.17, 15) is 4.39 Å². The maximum Gasteiger partial charge on any atom is 0.146 e. The molecule has 1 aliphatic heterocycles. The van der Waals surface area contributed by atoms with Gasteiger partial charge in [0, 0.05) is 25.7 Å². The van der Waals surface area contributed by atoms with Crippen molar-refractivity contribution >= 4 is 5.69 Å². The number of hydrogen-bond acceptors (Lipinski definition) is 4. The first-order chi connectivity index (χ1) is 8.58. The van der Waals surface area contributed by atoms with Gasteiger partial charge in [0.05, 0.1) is 18.3 Å². The third-order valence-electron chi connectivity index (χ3n) is 3.51. The van der Waals surface area contributed by atoms with E-state index in [2.05, 4.69) is 10.2 Å². The maximum atomic E-state index is 13.8. The highest BCUT2D eigenvalue weighted by Gasteiger charge is 2.35. The summed E-state index contributed by atoms with van der Waals surface area (Å²) in [6.45, 7) is 2.27. The third kappa shape index (κ3) is 2.57. The van der Waals surface area contributed by atoms with Crippen molar-refractivity contribution < 1.29 is 9.13 Å². The van der Waals surface area contributed by atoms with Crippen LogP contribution in [0.4, 0.5) is 10.1 Å². The number of likely N-dealkylation sites (tertiary alicyclic amines) is 1. The summed E-state index contributed by atoms with van der Waals surface area (Å²) in [5.41, 5.74) is 6.06. The minimum Gasteiger partial charge on any atom is -0.497 e. The van der Waals surface area contributed by atoms with Crippen LogP contribution in [0, 0.1) is 5.82 Å². The standard InChI is InChI=1S/C13H20FN3O/c1-17-6-5-13(8-15,9-17)16-12-7-10(18-2)3-4-11(12)14/h3-4,7,16H,5-6,8-9,15H2,1-2H3. The molecule has 3 N–H and O–H groups in total. The van der Waals surface area contributed by atoms with E-state index in [1.165, 1.54) is 6.07 Å². The number of halogens is 1. The molecule has 1 aliphatic rings. The normalized spacial score (nSPS) is 24.2. The quantitative estimate of drug-likeness (QED) is 0.848. The van der Waals surface area contributed by atoms with Gasteiger partial charge in [0.15, 0.2) is 0 Å². The molecule has 5 heteroatoms. The second-order valence-corrected chi connectivity index (χ2v) is 4.94. The summed E-state index contributed by atoms with van der Waals surface area (Å²) in [6, 6.07) is 4.69. The lowest BCUT2D eigenvalue weighted by Gasteiger charge is -2.30. The topological polar surface area (TPSA) is 50.5 Å². The lowest BCUT2D eigenvalue weighted by molar-refractivity contribution is 0.384. The summed E-state index contributed by atoms with van der Waals surface area (Å²) in [5.74, 6) is 0.357. The number of likely N-dealkylation sites (N-methyl/N-ethyl adjacent to an activating group) is 1. The van der Waals surface area contributed by atoms with Crippen molar-refractivity contribution in [1.29, 1.82) is 0 Å². The Labute approximate surface area is 107 Å². The number of benzene rings is 1. The average Bonchev–Trinajstić information content (AvgIpc) is 2.74. The molecule has 0 radical (unpaired) electrons. The van der Waals surface area contributed by atoms with Crippen LogP contribution in [0.25, 0.3) is 0 Å². The Bertz CT molecular complexity index is 427. The Kier molecular flexibility index (Phi) is 3.73.